The first-order valence-corrected chi connectivity index (χ1v) is 11.1. The van der Waals surface area contributed by atoms with Crippen LogP contribution in [0, 0.1) is 0 Å². The van der Waals surface area contributed by atoms with Crippen molar-refractivity contribution in [3.8, 4) is 0 Å². The smallest absolute Gasteiger partial charge is 0.242 e. The average Bonchev–Trinajstić information content (AvgIpc) is 2.82. The molecule has 1 unspecified atom stereocenters. The Hall–Kier alpha value is -2.70. The highest BCUT2D eigenvalue weighted by Gasteiger charge is 2.26. The molecule has 3 rings (SSSR count). The Morgan fingerprint density at radius 3 is 2.26 bits per heavy atom. The molecule has 1 aliphatic rings. The number of carbonyl (C=O) groups is 2. The maximum absolute atomic E-state index is 13.1. The molecular formula is C25H33N3O3. The number of nitrogens with zero attached hydrogens (tertiary/aromatic N) is 2. The predicted octanol–water partition coefficient (Wildman–Crippen LogP) is 2.48. The maximum Gasteiger partial charge on any atom is 0.242 e. The Morgan fingerprint density at radius 1 is 1.00 bits per heavy atom. The molecule has 1 N–H and O–H groups in total. The van der Waals surface area contributed by atoms with Crippen LogP contribution < -0.4 is 5.32 Å². The van der Waals surface area contributed by atoms with Crippen molar-refractivity contribution < 1.29 is 14.3 Å². The van der Waals surface area contributed by atoms with Crippen molar-refractivity contribution in [2.75, 3.05) is 39.4 Å². The van der Waals surface area contributed by atoms with Crippen LogP contribution in [0.3, 0.4) is 0 Å². The number of hydrogen-bond donors (Lipinski definition) is 1. The van der Waals surface area contributed by atoms with Crippen molar-refractivity contribution in [3.05, 3.63) is 71.8 Å². The molecule has 2 aromatic rings. The largest absolute Gasteiger partial charge is 0.379 e. The van der Waals surface area contributed by atoms with Gasteiger partial charge in [-0.05, 0) is 24.5 Å². The topological polar surface area (TPSA) is 61.9 Å². The van der Waals surface area contributed by atoms with Crippen LogP contribution in [0.1, 0.15) is 24.5 Å². The van der Waals surface area contributed by atoms with Gasteiger partial charge in [-0.3, -0.25) is 14.5 Å². The fourth-order valence-corrected chi connectivity index (χ4v) is 3.71. The van der Waals surface area contributed by atoms with Crippen molar-refractivity contribution in [3.63, 3.8) is 0 Å². The number of rotatable bonds is 10. The Bertz CT molecular complexity index is 807. The molecule has 6 nitrogen and oxygen atoms in total. The molecule has 1 heterocycles. The molecule has 0 bridgehead atoms. The van der Waals surface area contributed by atoms with Crippen LogP contribution in [0.4, 0.5) is 0 Å². The molecule has 1 fully saturated rings. The normalized spacial score (nSPS) is 15.3. The summed E-state index contributed by atoms with van der Waals surface area (Å²) in [4.78, 5) is 29.9. The van der Waals surface area contributed by atoms with Crippen molar-refractivity contribution in [1.29, 1.82) is 0 Å². The minimum atomic E-state index is -0.534. The van der Waals surface area contributed by atoms with Gasteiger partial charge in [-0.15, -0.1) is 0 Å². The van der Waals surface area contributed by atoms with E-state index in [0.29, 0.717) is 25.9 Å². The number of nitrogens with one attached hydrogen (secondary N) is 1. The van der Waals surface area contributed by atoms with Gasteiger partial charge in [0.05, 0.1) is 13.2 Å². The molecule has 0 radical (unpaired) electrons. The standard InChI is InChI=1S/C25H33N3O3/c1-21(25(30)26-14-15-27-16-18-31-19-17-27)28(20-23-10-6-3-7-11-23)24(29)13-12-22-8-4-2-5-9-22/h2-11,21H,12-20H2,1H3,(H,26,30). The van der Waals surface area contributed by atoms with Crippen molar-refractivity contribution in [2.45, 2.75) is 32.4 Å². The molecule has 2 amide bonds. The monoisotopic (exact) mass is 423 g/mol. The quantitative estimate of drug-likeness (QED) is 0.638. The zero-order chi connectivity index (χ0) is 21.9. The van der Waals surface area contributed by atoms with Crippen LogP contribution >= 0.6 is 0 Å². The number of amides is 2. The zero-order valence-corrected chi connectivity index (χ0v) is 18.3. The summed E-state index contributed by atoms with van der Waals surface area (Å²) in [6.07, 6.45) is 1.04. The zero-order valence-electron chi connectivity index (χ0n) is 18.3. The minimum absolute atomic E-state index is 0.0106. The number of hydrogen-bond acceptors (Lipinski definition) is 4. The Morgan fingerprint density at radius 2 is 1.61 bits per heavy atom. The van der Waals surface area contributed by atoms with Crippen LogP contribution in [0.25, 0.3) is 0 Å². The Kier molecular flexibility index (Phi) is 9.06. The first kappa shape index (κ1) is 23.0. The van der Waals surface area contributed by atoms with Gasteiger partial charge in [0.25, 0.3) is 0 Å². The summed E-state index contributed by atoms with van der Waals surface area (Å²) in [5.41, 5.74) is 2.14. The van der Waals surface area contributed by atoms with Crippen LogP contribution in [0.5, 0.6) is 0 Å². The first-order valence-electron chi connectivity index (χ1n) is 11.1. The summed E-state index contributed by atoms with van der Waals surface area (Å²) < 4.78 is 5.36. The van der Waals surface area contributed by atoms with Crippen molar-refractivity contribution in [2.24, 2.45) is 0 Å². The van der Waals surface area contributed by atoms with E-state index >= 15 is 0 Å². The van der Waals surface area contributed by atoms with Gasteiger partial charge in [-0.1, -0.05) is 60.7 Å². The van der Waals surface area contributed by atoms with E-state index in [2.05, 4.69) is 10.2 Å². The van der Waals surface area contributed by atoms with E-state index in [1.165, 1.54) is 0 Å². The molecule has 31 heavy (non-hydrogen) atoms. The molecule has 6 heteroatoms. The van der Waals surface area contributed by atoms with E-state index in [1.54, 1.807) is 4.90 Å². The molecule has 0 aromatic heterocycles. The lowest BCUT2D eigenvalue weighted by molar-refractivity contribution is -0.140. The van der Waals surface area contributed by atoms with E-state index in [1.807, 2.05) is 67.6 Å². The summed E-state index contributed by atoms with van der Waals surface area (Å²) in [6, 6.07) is 19.3. The molecule has 1 aliphatic heterocycles. The van der Waals surface area contributed by atoms with Gasteiger partial charge >= 0.3 is 0 Å². The second-order valence-electron chi connectivity index (χ2n) is 7.91. The van der Waals surface area contributed by atoms with Gasteiger partial charge in [-0.25, -0.2) is 0 Å². The van der Waals surface area contributed by atoms with E-state index in [9.17, 15) is 9.59 Å². The summed E-state index contributed by atoms with van der Waals surface area (Å²) in [7, 11) is 0. The van der Waals surface area contributed by atoms with E-state index in [4.69, 9.17) is 4.74 Å². The van der Waals surface area contributed by atoms with Gasteiger partial charge in [0, 0.05) is 39.1 Å². The van der Waals surface area contributed by atoms with Gasteiger partial charge in [-0.2, -0.15) is 0 Å². The van der Waals surface area contributed by atoms with Gasteiger partial charge in [0.2, 0.25) is 11.8 Å². The third kappa shape index (κ3) is 7.49. The lowest BCUT2D eigenvalue weighted by atomic mass is 10.1. The summed E-state index contributed by atoms with van der Waals surface area (Å²) >= 11 is 0. The predicted molar refractivity (Wildman–Crippen MR) is 121 cm³/mol. The van der Waals surface area contributed by atoms with Crippen LogP contribution in [-0.4, -0.2) is 67.0 Å². The SMILES string of the molecule is CC(C(=O)NCCN1CCOCC1)N(Cc1ccccc1)C(=O)CCc1ccccc1. The third-order valence-electron chi connectivity index (χ3n) is 5.66. The molecule has 0 spiro atoms. The molecule has 2 aromatic carbocycles. The molecule has 1 saturated heterocycles. The fraction of sp³-hybridized carbons (Fsp3) is 0.440. The Balaban J connectivity index is 1.58. The van der Waals surface area contributed by atoms with Crippen LogP contribution in [0.15, 0.2) is 60.7 Å². The third-order valence-corrected chi connectivity index (χ3v) is 5.66. The summed E-state index contributed by atoms with van der Waals surface area (Å²) in [5.74, 6) is -0.124. The number of ether oxygens (including phenoxy) is 1. The highest BCUT2D eigenvalue weighted by Crippen LogP contribution is 2.13. The molecule has 0 aliphatic carbocycles. The van der Waals surface area contributed by atoms with Crippen molar-refractivity contribution in [1.82, 2.24) is 15.1 Å². The average molecular weight is 424 g/mol. The van der Waals surface area contributed by atoms with E-state index < -0.39 is 6.04 Å². The highest BCUT2D eigenvalue weighted by molar-refractivity contribution is 5.87. The number of morpholine rings is 1. The Labute approximate surface area is 185 Å². The van der Waals surface area contributed by atoms with Crippen LogP contribution in [-0.2, 0) is 27.3 Å². The van der Waals surface area contributed by atoms with Crippen molar-refractivity contribution >= 4 is 11.8 Å². The number of aryl methyl sites for hydroxylation is 1. The number of benzene rings is 2. The van der Waals surface area contributed by atoms with Crippen LogP contribution in [0.2, 0.25) is 0 Å². The molecule has 0 saturated carbocycles. The second kappa shape index (κ2) is 12.2. The molecular weight excluding hydrogens is 390 g/mol. The first-order chi connectivity index (χ1) is 15.1. The highest BCUT2D eigenvalue weighted by atomic mass is 16.5. The fourth-order valence-electron chi connectivity index (χ4n) is 3.71. The van der Waals surface area contributed by atoms with Gasteiger partial charge in [0.15, 0.2) is 0 Å². The maximum atomic E-state index is 13.1. The number of carbonyl (C=O) groups excluding carboxylic acids is 2. The van der Waals surface area contributed by atoms with Gasteiger partial charge in [0.1, 0.15) is 6.04 Å². The summed E-state index contributed by atoms with van der Waals surface area (Å²) in [5, 5.41) is 3.01. The lowest BCUT2D eigenvalue weighted by Gasteiger charge is -2.30. The van der Waals surface area contributed by atoms with E-state index in [-0.39, 0.29) is 11.8 Å². The molecule has 1 atom stereocenters. The lowest BCUT2D eigenvalue weighted by Crippen LogP contribution is -2.49. The molecule has 166 valence electrons. The van der Waals surface area contributed by atoms with Gasteiger partial charge < -0.3 is 15.0 Å². The van der Waals surface area contributed by atoms with E-state index in [0.717, 1.165) is 44.0 Å². The second-order valence-corrected chi connectivity index (χ2v) is 7.91. The minimum Gasteiger partial charge on any atom is -0.379 e. The summed E-state index contributed by atoms with van der Waals surface area (Å²) in [6.45, 7) is 6.87.